The maximum Gasteiger partial charge on any atom is 0.332 e. The van der Waals surface area contributed by atoms with E-state index in [1.165, 1.54) is 4.31 Å². The normalized spacial score (nSPS) is 18.6. The topological polar surface area (TPSA) is 74.7 Å². The van der Waals surface area contributed by atoms with Crippen molar-refractivity contribution in [2.75, 3.05) is 6.54 Å². The summed E-state index contributed by atoms with van der Waals surface area (Å²) in [4.78, 5) is 11.5. The molecule has 1 unspecified atom stereocenters. The lowest BCUT2D eigenvalue weighted by Crippen LogP contribution is -2.39. The van der Waals surface area contributed by atoms with Gasteiger partial charge < -0.3 is 5.11 Å². The minimum absolute atomic E-state index is 0.0999. The first kappa shape index (κ1) is 17.4. The Labute approximate surface area is 147 Å². The lowest BCUT2D eigenvalue weighted by molar-refractivity contribution is -0.133. The first-order valence-electron chi connectivity index (χ1n) is 7.95. The van der Waals surface area contributed by atoms with Gasteiger partial charge in [-0.2, -0.15) is 4.31 Å². The summed E-state index contributed by atoms with van der Waals surface area (Å²) in [6.45, 7) is 1.74. The fraction of sp³-hybridized carbons (Fsp3) is 0.211. The molecule has 2 aromatic rings. The molecule has 0 aliphatic carbocycles. The third-order valence-corrected chi connectivity index (χ3v) is 6.22. The van der Waals surface area contributed by atoms with E-state index in [1.54, 1.807) is 30.3 Å². The molecule has 0 radical (unpaired) electrons. The van der Waals surface area contributed by atoms with Crippen molar-refractivity contribution >= 4 is 16.0 Å². The number of aryl methyl sites for hydroxylation is 1. The number of carboxylic acid groups (broad SMARTS) is 1. The average Bonchev–Trinajstić information content (AvgIpc) is 2.62. The van der Waals surface area contributed by atoms with E-state index in [-0.39, 0.29) is 17.0 Å². The van der Waals surface area contributed by atoms with Gasteiger partial charge in [0.1, 0.15) is 0 Å². The zero-order valence-corrected chi connectivity index (χ0v) is 14.6. The highest BCUT2D eigenvalue weighted by atomic mass is 32.2. The number of carboxylic acids is 1. The lowest BCUT2D eigenvalue weighted by atomic mass is 9.98. The van der Waals surface area contributed by atoms with Gasteiger partial charge in [-0.05, 0) is 31.0 Å². The number of benzene rings is 2. The van der Waals surface area contributed by atoms with Crippen molar-refractivity contribution in [2.24, 2.45) is 0 Å². The second-order valence-electron chi connectivity index (χ2n) is 6.06. The van der Waals surface area contributed by atoms with E-state index < -0.39 is 22.0 Å². The quantitative estimate of drug-likeness (QED) is 0.912. The highest BCUT2D eigenvalue weighted by molar-refractivity contribution is 7.89. The van der Waals surface area contributed by atoms with E-state index in [4.69, 9.17) is 0 Å². The van der Waals surface area contributed by atoms with Gasteiger partial charge in [0, 0.05) is 12.1 Å². The molecular formula is C19H19NO4S. The summed E-state index contributed by atoms with van der Waals surface area (Å²) in [5, 5.41) is 9.30. The van der Waals surface area contributed by atoms with Crippen LogP contribution in [0.4, 0.5) is 0 Å². The summed E-state index contributed by atoms with van der Waals surface area (Å²) in [6, 6.07) is 15.5. The van der Waals surface area contributed by atoms with E-state index in [1.807, 2.05) is 37.3 Å². The van der Waals surface area contributed by atoms with Crippen LogP contribution in [0.15, 0.2) is 71.1 Å². The van der Waals surface area contributed by atoms with Crippen LogP contribution in [0.5, 0.6) is 0 Å². The Morgan fingerprint density at radius 3 is 2.32 bits per heavy atom. The van der Waals surface area contributed by atoms with E-state index in [0.717, 1.165) is 11.1 Å². The zero-order chi connectivity index (χ0) is 18.0. The van der Waals surface area contributed by atoms with Crippen LogP contribution in [0.3, 0.4) is 0 Å². The maximum atomic E-state index is 13.2. The van der Waals surface area contributed by atoms with Crippen molar-refractivity contribution < 1.29 is 18.3 Å². The van der Waals surface area contributed by atoms with Crippen LogP contribution in [0.25, 0.3) is 0 Å². The summed E-state index contributed by atoms with van der Waals surface area (Å²) in [6.07, 6.45) is 1.94. The van der Waals surface area contributed by atoms with E-state index in [9.17, 15) is 18.3 Å². The Hall–Kier alpha value is -2.44. The molecule has 0 saturated carbocycles. The predicted molar refractivity (Wildman–Crippen MR) is 94.6 cm³/mol. The second-order valence-corrected chi connectivity index (χ2v) is 7.95. The highest BCUT2D eigenvalue weighted by Gasteiger charge is 2.36. The van der Waals surface area contributed by atoms with Crippen LogP contribution in [0, 0.1) is 6.92 Å². The Balaban J connectivity index is 2.06. The summed E-state index contributed by atoms with van der Waals surface area (Å²) in [5.41, 5.74) is 1.91. The maximum absolute atomic E-state index is 13.2. The van der Waals surface area contributed by atoms with E-state index in [2.05, 4.69) is 0 Å². The van der Waals surface area contributed by atoms with Crippen molar-refractivity contribution in [3.05, 3.63) is 77.4 Å². The molecule has 0 aromatic heterocycles. The van der Waals surface area contributed by atoms with Gasteiger partial charge in [-0.1, -0.05) is 54.1 Å². The summed E-state index contributed by atoms with van der Waals surface area (Å²) >= 11 is 0. The Morgan fingerprint density at radius 2 is 1.72 bits per heavy atom. The number of nitrogens with zero attached hydrogens (tertiary/aromatic N) is 1. The van der Waals surface area contributed by atoms with Crippen LogP contribution in [-0.4, -0.2) is 30.3 Å². The number of carbonyl (C=O) groups is 1. The second kappa shape index (κ2) is 6.82. The summed E-state index contributed by atoms with van der Waals surface area (Å²) in [7, 11) is -3.81. The molecule has 0 amide bonds. The Kier molecular flexibility index (Phi) is 4.74. The van der Waals surface area contributed by atoms with Crippen molar-refractivity contribution in [2.45, 2.75) is 24.3 Å². The van der Waals surface area contributed by atoms with Gasteiger partial charge in [-0.3, -0.25) is 0 Å². The lowest BCUT2D eigenvalue weighted by Gasteiger charge is -2.34. The van der Waals surface area contributed by atoms with Crippen LogP contribution in [0.2, 0.25) is 0 Å². The molecule has 130 valence electrons. The Morgan fingerprint density at radius 1 is 1.08 bits per heavy atom. The molecule has 25 heavy (non-hydrogen) atoms. The van der Waals surface area contributed by atoms with Gasteiger partial charge in [0.25, 0.3) is 0 Å². The van der Waals surface area contributed by atoms with Gasteiger partial charge in [0.15, 0.2) is 0 Å². The average molecular weight is 357 g/mol. The Bertz CT molecular complexity index is 902. The van der Waals surface area contributed by atoms with Crippen LogP contribution >= 0.6 is 0 Å². The third kappa shape index (κ3) is 3.50. The molecule has 0 saturated heterocycles. The number of rotatable bonds is 4. The van der Waals surface area contributed by atoms with Crippen molar-refractivity contribution in [1.29, 1.82) is 0 Å². The number of aliphatic carboxylic acids is 1. The predicted octanol–water partition coefficient (Wildman–Crippen LogP) is 3.14. The van der Waals surface area contributed by atoms with Gasteiger partial charge >= 0.3 is 5.97 Å². The monoisotopic (exact) mass is 357 g/mol. The number of sulfonamides is 1. The molecule has 1 N–H and O–H groups in total. The molecule has 0 spiro atoms. The minimum atomic E-state index is -3.81. The number of hydrogen-bond donors (Lipinski definition) is 1. The van der Waals surface area contributed by atoms with Crippen LogP contribution < -0.4 is 0 Å². The molecule has 0 bridgehead atoms. The van der Waals surface area contributed by atoms with E-state index in [0.29, 0.717) is 6.42 Å². The van der Waals surface area contributed by atoms with E-state index >= 15 is 0 Å². The van der Waals surface area contributed by atoms with Crippen LogP contribution in [-0.2, 0) is 14.8 Å². The molecule has 2 aromatic carbocycles. The SMILES string of the molecule is Cc1ccc(S(=O)(=O)N2CC(C(=O)O)=CCC2c2ccccc2)cc1. The highest BCUT2D eigenvalue weighted by Crippen LogP contribution is 2.34. The molecule has 0 fully saturated rings. The first-order valence-corrected chi connectivity index (χ1v) is 9.39. The number of hydrogen-bond acceptors (Lipinski definition) is 3. The van der Waals surface area contributed by atoms with Gasteiger partial charge in [0.2, 0.25) is 10.0 Å². The molecule has 1 heterocycles. The molecule has 6 heteroatoms. The molecule has 3 rings (SSSR count). The zero-order valence-electron chi connectivity index (χ0n) is 13.8. The molecule has 1 aliphatic rings. The van der Waals surface area contributed by atoms with Crippen molar-refractivity contribution in [3.63, 3.8) is 0 Å². The van der Waals surface area contributed by atoms with Gasteiger partial charge in [-0.25, -0.2) is 13.2 Å². The fourth-order valence-electron chi connectivity index (χ4n) is 2.94. The first-order chi connectivity index (χ1) is 11.9. The molecule has 1 aliphatic heterocycles. The molecule has 1 atom stereocenters. The smallest absolute Gasteiger partial charge is 0.332 e. The molecular weight excluding hydrogens is 338 g/mol. The minimum Gasteiger partial charge on any atom is -0.478 e. The summed E-state index contributed by atoms with van der Waals surface area (Å²) in [5.74, 6) is -1.09. The molecule has 5 nitrogen and oxygen atoms in total. The van der Waals surface area contributed by atoms with Gasteiger partial charge in [-0.15, -0.1) is 0 Å². The largest absolute Gasteiger partial charge is 0.478 e. The van der Waals surface area contributed by atoms with Crippen LogP contribution in [0.1, 0.15) is 23.6 Å². The standard InChI is InChI=1S/C19H19NO4S/c1-14-7-10-17(11-8-14)25(23,24)20-13-16(19(21)22)9-12-18(20)15-5-3-2-4-6-15/h2-11,18H,12-13H2,1H3,(H,21,22). The van der Waals surface area contributed by atoms with Crippen molar-refractivity contribution in [1.82, 2.24) is 4.31 Å². The van der Waals surface area contributed by atoms with Gasteiger partial charge in [0.05, 0.1) is 10.9 Å². The fourth-order valence-corrected chi connectivity index (χ4v) is 4.55. The third-order valence-electron chi connectivity index (χ3n) is 4.35. The van der Waals surface area contributed by atoms with Crippen molar-refractivity contribution in [3.8, 4) is 0 Å². The summed E-state index contributed by atoms with van der Waals surface area (Å²) < 4.78 is 27.6.